The van der Waals surface area contributed by atoms with E-state index in [1.54, 1.807) is 0 Å². The summed E-state index contributed by atoms with van der Waals surface area (Å²) < 4.78 is 41.4. The normalized spacial score (nSPS) is 29.8. The van der Waals surface area contributed by atoms with Gasteiger partial charge in [-0.05, 0) is 102 Å². The number of rotatable bonds is 13. The van der Waals surface area contributed by atoms with Crippen LogP contribution in [0.15, 0.2) is 84.9 Å². The lowest BCUT2D eigenvalue weighted by atomic mass is 9.74. The van der Waals surface area contributed by atoms with Crippen LogP contribution in [-0.2, 0) is 46.1 Å². The molecule has 3 aliphatic rings. The monoisotopic (exact) mass is 782 g/mol. The number of hydrogen-bond donors (Lipinski definition) is 1. The molecule has 9 heteroatoms. The van der Waals surface area contributed by atoms with Crippen LogP contribution in [0.4, 0.5) is 0 Å². The minimum atomic E-state index is -2.25. The van der Waals surface area contributed by atoms with Crippen molar-refractivity contribution in [3.8, 4) is 0 Å². The minimum Gasteiger partial charge on any atom is -0.481 e. The Morgan fingerprint density at radius 1 is 0.821 bits per heavy atom. The first-order valence-corrected chi connectivity index (χ1v) is 23.6. The maximum Gasteiger partial charge on any atom is 0.303 e. The zero-order valence-corrected chi connectivity index (χ0v) is 35.4. The topological polar surface area (TPSA) is 92.7 Å². The van der Waals surface area contributed by atoms with Crippen LogP contribution < -0.4 is 0 Å². The Kier molecular flexibility index (Phi) is 12.2. The summed E-state index contributed by atoms with van der Waals surface area (Å²) in [4.78, 5) is 11.8. The molecule has 0 aromatic heterocycles. The fraction of sp³-hybridized carbons (Fsp3) is 0.553. The number of carboxylic acid groups (broad SMARTS) is 1. The van der Waals surface area contributed by atoms with Crippen LogP contribution in [0.1, 0.15) is 90.7 Å². The molecule has 3 heterocycles. The van der Waals surface area contributed by atoms with Gasteiger partial charge in [-0.1, -0.05) is 93.6 Å². The zero-order chi connectivity index (χ0) is 39.7. The molecule has 302 valence electrons. The number of benzene rings is 4. The molecule has 4 aromatic rings. The number of ether oxygens (including phenoxy) is 5. The number of carboxylic acids is 1. The molecule has 3 aliphatic heterocycles. The first kappa shape index (κ1) is 41.0. The summed E-state index contributed by atoms with van der Waals surface area (Å²) in [5.74, 6) is -0.830. The largest absolute Gasteiger partial charge is 0.481 e. The van der Waals surface area contributed by atoms with Crippen LogP contribution in [0.3, 0.4) is 0 Å². The van der Waals surface area contributed by atoms with Gasteiger partial charge in [-0.15, -0.1) is 0 Å². The van der Waals surface area contributed by atoms with Gasteiger partial charge in [0.25, 0.3) is 0 Å². The summed E-state index contributed by atoms with van der Waals surface area (Å²) in [5.41, 5.74) is 0.962. The van der Waals surface area contributed by atoms with Crippen LogP contribution in [0.5, 0.6) is 0 Å². The molecule has 56 heavy (non-hydrogen) atoms. The molecule has 8 atom stereocenters. The van der Waals surface area contributed by atoms with Gasteiger partial charge in [0.15, 0.2) is 8.32 Å². The molecule has 0 saturated carbocycles. The summed E-state index contributed by atoms with van der Waals surface area (Å²) in [6, 6.07) is 29.8. The SMILES string of the molecule is CC(C)(C)[Si](C)(C)O[C@@]1(C)C[C@@]2(C)O[C@H]3CC[C@@H](OCc4ccc5ccccc5c4)[C@H](CCOCc4ccc5ccccc5c4)O[C@@H]3C[C@@H]2O[C@@H]1CCC(=O)O. The highest BCUT2D eigenvalue weighted by molar-refractivity contribution is 6.74. The smallest absolute Gasteiger partial charge is 0.303 e. The van der Waals surface area contributed by atoms with Gasteiger partial charge >= 0.3 is 5.97 Å². The van der Waals surface area contributed by atoms with E-state index < -0.39 is 25.5 Å². The van der Waals surface area contributed by atoms with Crippen LogP contribution in [0, 0.1) is 0 Å². The molecule has 0 unspecified atom stereocenters. The Morgan fingerprint density at radius 3 is 2.07 bits per heavy atom. The number of fused-ring (bicyclic) bond motifs is 4. The van der Waals surface area contributed by atoms with E-state index in [-0.39, 0.29) is 48.1 Å². The molecule has 0 amide bonds. The molecule has 7 rings (SSSR count). The molecule has 0 spiro atoms. The second kappa shape index (κ2) is 16.6. The highest BCUT2D eigenvalue weighted by Crippen LogP contribution is 2.51. The fourth-order valence-electron chi connectivity index (χ4n) is 8.99. The van der Waals surface area contributed by atoms with Gasteiger partial charge in [0.05, 0.1) is 61.0 Å². The Balaban J connectivity index is 1.08. The average molecular weight is 783 g/mol. The van der Waals surface area contributed by atoms with E-state index in [2.05, 4.69) is 133 Å². The summed E-state index contributed by atoms with van der Waals surface area (Å²) in [7, 11) is -2.25. The Bertz CT molecular complexity index is 1970. The molecular formula is C47H62O8Si. The third kappa shape index (κ3) is 9.25. The lowest BCUT2D eigenvalue weighted by Crippen LogP contribution is -2.68. The predicted molar refractivity (Wildman–Crippen MR) is 223 cm³/mol. The van der Waals surface area contributed by atoms with Crippen molar-refractivity contribution in [2.45, 2.75) is 159 Å². The van der Waals surface area contributed by atoms with E-state index in [0.29, 0.717) is 45.5 Å². The number of hydrogen-bond acceptors (Lipinski definition) is 7. The van der Waals surface area contributed by atoms with Gasteiger partial charge in [-0.25, -0.2) is 0 Å². The molecule has 4 aromatic carbocycles. The van der Waals surface area contributed by atoms with Crippen LogP contribution in [0.2, 0.25) is 18.1 Å². The third-order valence-corrected chi connectivity index (χ3v) is 17.6. The van der Waals surface area contributed by atoms with Crippen LogP contribution in [0.25, 0.3) is 21.5 Å². The highest BCUT2D eigenvalue weighted by Gasteiger charge is 2.60. The molecule has 0 radical (unpaired) electrons. The van der Waals surface area contributed by atoms with Gasteiger partial charge in [0, 0.05) is 25.9 Å². The summed E-state index contributed by atoms with van der Waals surface area (Å²) in [6.45, 7) is 17.0. The van der Waals surface area contributed by atoms with Crippen molar-refractivity contribution in [1.29, 1.82) is 0 Å². The molecule has 0 aliphatic carbocycles. The second-order valence-electron chi connectivity index (χ2n) is 18.4. The average Bonchev–Trinajstić information content (AvgIpc) is 3.30. The Hall–Kier alpha value is -3.15. The lowest BCUT2D eigenvalue weighted by Gasteiger charge is -2.59. The highest BCUT2D eigenvalue weighted by atomic mass is 28.4. The first-order valence-electron chi connectivity index (χ1n) is 20.7. The quantitative estimate of drug-likeness (QED) is 0.106. The zero-order valence-electron chi connectivity index (χ0n) is 34.4. The van der Waals surface area contributed by atoms with Gasteiger partial charge in [0.1, 0.15) is 0 Å². The van der Waals surface area contributed by atoms with Crippen LogP contribution >= 0.6 is 0 Å². The van der Waals surface area contributed by atoms with Crippen molar-refractivity contribution in [2.24, 2.45) is 0 Å². The minimum absolute atomic E-state index is 0.0190. The van der Waals surface area contributed by atoms with Crippen molar-refractivity contribution in [3.63, 3.8) is 0 Å². The fourth-order valence-corrected chi connectivity index (χ4v) is 10.7. The van der Waals surface area contributed by atoms with Crippen molar-refractivity contribution < 1.29 is 38.0 Å². The van der Waals surface area contributed by atoms with Crippen molar-refractivity contribution in [3.05, 3.63) is 96.1 Å². The molecule has 1 N–H and O–H groups in total. The van der Waals surface area contributed by atoms with E-state index in [1.807, 2.05) is 0 Å². The molecule has 3 saturated heterocycles. The predicted octanol–water partition coefficient (Wildman–Crippen LogP) is 10.4. The Morgan fingerprint density at radius 2 is 1.45 bits per heavy atom. The molecule has 0 bridgehead atoms. The lowest BCUT2D eigenvalue weighted by molar-refractivity contribution is -0.309. The Labute approximate surface area is 334 Å². The van der Waals surface area contributed by atoms with Gasteiger partial charge in [0.2, 0.25) is 0 Å². The maximum atomic E-state index is 11.8. The van der Waals surface area contributed by atoms with Gasteiger partial charge < -0.3 is 33.2 Å². The number of carbonyl (C=O) groups is 1. The van der Waals surface area contributed by atoms with Gasteiger partial charge in [-0.3, -0.25) is 4.79 Å². The first-order chi connectivity index (χ1) is 26.6. The van der Waals surface area contributed by atoms with Crippen LogP contribution in [-0.4, -0.2) is 73.8 Å². The summed E-state index contributed by atoms with van der Waals surface area (Å²) in [6.07, 6.45) is 2.63. The van der Waals surface area contributed by atoms with E-state index in [0.717, 1.165) is 24.0 Å². The van der Waals surface area contributed by atoms with Crippen molar-refractivity contribution in [2.75, 3.05) is 6.61 Å². The molecule has 3 fully saturated rings. The molecular weight excluding hydrogens is 721 g/mol. The summed E-state index contributed by atoms with van der Waals surface area (Å²) >= 11 is 0. The maximum absolute atomic E-state index is 11.8. The van der Waals surface area contributed by atoms with E-state index in [9.17, 15) is 9.90 Å². The summed E-state index contributed by atoms with van der Waals surface area (Å²) in [5, 5.41) is 14.5. The molecule has 8 nitrogen and oxygen atoms in total. The third-order valence-electron chi connectivity index (χ3n) is 13.0. The van der Waals surface area contributed by atoms with E-state index in [4.69, 9.17) is 28.1 Å². The van der Waals surface area contributed by atoms with E-state index >= 15 is 0 Å². The van der Waals surface area contributed by atoms with E-state index in [1.165, 1.54) is 21.5 Å². The number of aliphatic carboxylic acids is 1. The standard InChI is InChI=1S/C47H62O8Si/c1-45(2,3)56(6,7)55-47(5)31-46(4)43(53-42(47)22-23-44(48)49)28-41-40(54-46)21-20-38(51-30-33-17-19-35-13-9-11-15-37(35)27-33)39(52-41)24-25-50-29-32-16-18-34-12-8-10-14-36(34)26-32/h8-19,26-27,38-43H,20-25,28-31H2,1-7H3,(H,48,49)/t38-,39+,40+,41-,42-,43+,46-,47+/m1/s1. The van der Waals surface area contributed by atoms with Crippen molar-refractivity contribution >= 4 is 35.8 Å². The second-order valence-corrected chi connectivity index (χ2v) is 23.2. The van der Waals surface area contributed by atoms with Crippen molar-refractivity contribution in [1.82, 2.24) is 0 Å². The van der Waals surface area contributed by atoms with Gasteiger partial charge in [-0.2, -0.15) is 0 Å².